The summed E-state index contributed by atoms with van der Waals surface area (Å²) in [5, 5.41) is 5.74. The van der Waals surface area contributed by atoms with E-state index in [0.29, 0.717) is 11.7 Å². The number of urea groups is 1. The van der Waals surface area contributed by atoms with Crippen LogP contribution in [0.4, 0.5) is 4.79 Å². The predicted molar refractivity (Wildman–Crippen MR) is 106 cm³/mol. The van der Waals surface area contributed by atoms with Gasteiger partial charge in [0.2, 0.25) is 0 Å². The van der Waals surface area contributed by atoms with Crippen molar-refractivity contribution in [2.24, 2.45) is 0 Å². The number of thioether (sulfide) groups is 1. The summed E-state index contributed by atoms with van der Waals surface area (Å²) in [5.41, 5.74) is 0. The minimum atomic E-state index is -4.47. The number of hydrogen-bond acceptors (Lipinski definition) is 6. The van der Waals surface area contributed by atoms with Gasteiger partial charge in [-0.3, -0.25) is 9.35 Å². The van der Waals surface area contributed by atoms with E-state index in [0.717, 1.165) is 30.7 Å². The molecule has 2 fully saturated rings. The number of carbonyl (C=O) groups is 2. The molecule has 2 aliphatic rings. The molecule has 0 spiro atoms. The topological polar surface area (TPSA) is 122 Å². The summed E-state index contributed by atoms with van der Waals surface area (Å²) < 4.78 is 36.5. The zero-order valence-corrected chi connectivity index (χ0v) is 17.6. The normalized spacial score (nSPS) is 23.8. The lowest BCUT2D eigenvalue weighted by atomic mass is 10.0. The highest BCUT2D eigenvalue weighted by atomic mass is 35.5. The zero-order valence-electron chi connectivity index (χ0n) is 14.5. The first kappa shape index (κ1) is 21.5. The molecule has 1 aromatic carbocycles. The Kier molecular flexibility index (Phi) is 6.65. The lowest BCUT2D eigenvalue weighted by Gasteiger charge is -2.16. The molecule has 0 saturated carbocycles. The Morgan fingerprint density at radius 1 is 1.25 bits per heavy atom. The van der Waals surface area contributed by atoms with E-state index in [1.807, 2.05) is 11.8 Å². The molecule has 2 heterocycles. The standard InChI is InChI=1S/C16H18Cl2N2O6S2/c17-9-5-8(28(23,24)25)6-10(18)15(9)26-13(21)4-2-1-3-12-14-11(7-27-12)19-16(22)20-14/h5-6,11-12,14H,1-4,7H2,(H2,19,20,22)(H,23,24,25). The second kappa shape index (κ2) is 8.66. The molecule has 0 aliphatic carbocycles. The fraction of sp³-hybridized carbons (Fsp3) is 0.500. The van der Waals surface area contributed by atoms with E-state index >= 15 is 0 Å². The number of rotatable bonds is 7. The monoisotopic (exact) mass is 468 g/mol. The highest BCUT2D eigenvalue weighted by Crippen LogP contribution is 2.36. The third-order valence-corrected chi connectivity index (χ3v) is 7.44. The second-order valence-corrected chi connectivity index (χ2v) is 10.0. The molecule has 1 aromatic rings. The van der Waals surface area contributed by atoms with E-state index in [-0.39, 0.29) is 40.3 Å². The quantitative estimate of drug-likeness (QED) is 0.185. The Bertz CT molecular complexity index is 872. The Morgan fingerprint density at radius 2 is 1.93 bits per heavy atom. The summed E-state index contributed by atoms with van der Waals surface area (Å²) in [5.74, 6) is 0.193. The highest BCUT2D eigenvalue weighted by Gasteiger charge is 2.42. The Balaban J connectivity index is 1.47. The first-order chi connectivity index (χ1) is 13.1. The van der Waals surface area contributed by atoms with Crippen LogP contribution in [0.1, 0.15) is 25.7 Å². The van der Waals surface area contributed by atoms with Gasteiger partial charge in [0.15, 0.2) is 5.75 Å². The van der Waals surface area contributed by atoms with Gasteiger partial charge in [-0.2, -0.15) is 20.2 Å². The van der Waals surface area contributed by atoms with Crippen molar-refractivity contribution in [2.45, 2.75) is 47.9 Å². The summed E-state index contributed by atoms with van der Waals surface area (Å²) in [6, 6.07) is 2.09. The highest BCUT2D eigenvalue weighted by molar-refractivity contribution is 8.00. The summed E-state index contributed by atoms with van der Waals surface area (Å²) in [6.45, 7) is 0. The summed E-state index contributed by atoms with van der Waals surface area (Å²) in [4.78, 5) is 22.9. The fourth-order valence-electron chi connectivity index (χ4n) is 3.21. The van der Waals surface area contributed by atoms with Gasteiger partial charge in [-0.25, -0.2) is 4.79 Å². The molecule has 2 amide bonds. The number of ether oxygens (including phenoxy) is 1. The molecule has 3 rings (SSSR count). The SMILES string of the molecule is O=C1NC2CSC(CCCCC(=O)Oc3c(Cl)cc(S(=O)(=O)O)cc3Cl)C2N1. The van der Waals surface area contributed by atoms with Gasteiger partial charge in [0.05, 0.1) is 27.0 Å². The number of esters is 1. The molecule has 3 atom stereocenters. The van der Waals surface area contributed by atoms with Crippen LogP contribution in [0.2, 0.25) is 10.0 Å². The molecule has 2 saturated heterocycles. The van der Waals surface area contributed by atoms with Crippen molar-refractivity contribution in [1.82, 2.24) is 10.6 Å². The van der Waals surface area contributed by atoms with Crippen molar-refractivity contribution >= 4 is 57.1 Å². The fourth-order valence-corrected chi connectivity index (χ4v) is 5.98. The molecular formula is C16H18Cl2N2O6S2. The molecule has 0 bridgehead atoms. The molecule has 154 valence electrons. The lowest BCUT2D eigenvalue weighted by molar-refractivity contribution is -0.134. The van der Waals surface area contributed by atoms with Crippen LogP contribution in [-0.4, -0.2) is 48.1 Å². The van der Waals surface area contributed by atoms with Gasteiger partial charge >= 0.3 is 12.0 Å². The smallest absolute Gasteiger partial charge is 0.315 e. The molecule has 0 radical (unpaired) electrons. The van der Waals surface area contributed by atoms with Crippen LogP contribution in [-0.2, 0) is 14.9 Å². The lowest BCUT2D eigenvalue weighted by Crippen LogP contribution is -2.36. The Morgan fingerprint density at radius 3 is 2.57 bits per heavy atom. The minimum absolute atomic E-state index is 0.127. The summed E-state index contributed by atoms with van der Waals surface area (Å²) in [6.07, 6.45) is 2.39. The Hall–Kier alpha value is -1.20. The van der Waals surface area contributed by atoms with Gasteiger partial charge in [-0.15, -0.1) is 0 Å². The molecule has 0 aromatic heterocycles. The van der Waals surface area contributed by atoms with Crippen LogP contribution in [0.3, 0.4) is 0 Å². The van der Waals surface area contributed by atoms with Crippen molar-refractivity contribution < 1.29 is 27.3 Å². The number of halogens is 2. The van der Waals surface area contributed by atoms with Crippen molar-refractivity contribution in [3.8, 4) is 5.75 Å². The molecule has 12 heteroatoms. The number of hydrogen-bond donors (Lipinski definition) is 3. The number of benzene rings is 1. The number of carbonyl (C=O) groups excluding carboxylic acids is 2. The van der Waals surface area contributed by atoms with E-state index in [9.17, 15) is 18.0 Å². The largest absolute Gasteiger partial charge is 0.423 e. The Labute approximate surface area is 176 Å². The minimum Gasteiger partial charge on any atom is -0.423 e. The third kappa shape index (κ3) is 5.04. The van der Waals surface area contributed by atoms with Gasteiger partial charge in [0.25, 0.3) is 10.1 Å². The molecule has 8 nitrogen and oxygen atoms in total. The number of fused-ring (bicyclic) bond motifs is 1. The first-order valence-electron chi connectivity index (χ1n) is 8.51. The predicted octanol–water partition coefficient (Wildman–Crippen LogP) is 2.87. The van der Waals surface area contributed by atoms with Crippen molar-refractivity contribution in [2.75, 3.05) is 5.75 Å². The van der Waals surface area contributed by atoms with Gasteiger partial charge in [-0.05, 0) is 25.0 Å². The molecule has 3 unspecified atom stereocenters. The van der Waals surface area contributed by atoms with E-state index in [4.69, 9.17) is 32.5 Å². The first-order valence-corrected chi connectivity index (χ1v) is 11.8. The maximum absolute atomic E-state index is 12.0. The molecule has 2 aliphatic heterocycles. The second-order valence-electron chi connectivity index (χ2n) is 6.53. The van der Waals surface area contributed by atoms with Crippen LogP contribution in [0, 0.1) is 0 Å². The van der Waals surface area contributed by atoms with Gasteiger partial charge in [0.1, 0.15) is 0 Å². The van der Waals surface area contributed by atoms with E-state index in [1.165, 1.54) is 0 Å². The zero-order chi connectivity index (χ0) is 20.5. The van der Waals surface area contributed by atoms with E-state index in [2.05, 4.69) is 10.6 Å². The molecular weight excluding hydrogens is 451 g/mol. The summed E-state index contributed by atoms with van der Waals surface area (Å²) >= 11 is 13.6. The van der Waals surface area contributed by atoms with Gasteiger partial charge in [0, 0.05) is 17.4 Å². The van der Waals surface area contributed by atoms with Crippen LogP contribution in [0.15, 0.2) is 17.0 Å². The van der Waals surface area contributed by atoms with E-state index in [1.54, 1.807) is 0 Å². The molecule has 28 heavy (non-hydrogen) atoms. The average Bonchev–Trinajstić information content (AvgIpc) is 3.13. The molecule has 3 N–H and O–H groups in total. The number of amides is 2. The van der Waals surface area contributed by atoms with Crippen molar-refractivity contribution in [3.05, 3.63) is 22.2 Å². The van der Waals surface area contributed by atoms with Gasteiger partial charge < -0.3 is 15.4 Å². The van der Waals surface area contributed by atoms with E-state index < -0.39 is 21.0 Å². The number of unbranched alkanes of at least 4 members (excludes halogenated alkanes) is 1. The maximum atomic E-state index is 12.0. The van der Waals surface area contributed by atoms with Crippen LogP contribution >= 0.6 is 35.0 Å². The van der Waals surface area contributed by atoms with Crippen molar-refractivity contribution in [3.63, 3.8) is 0 Å². The van der Waals surface area contributed by atoms with Crippen LogP contribution in [0.25, 0.3) is 0 Å². The maximum Gasteiger partial charge on any atom is 0.315 e. The summed E-state index contributed by atoms with van der Waals surface area (Å²) in [7, 11) is -4.47. The average molecular weight is 469 g/mol. The number of nitrogens with one attached hydrogen (secondary N) is 2. The van der Waals surface area contributed by atoms with Crippen LogP contribution < -0.4 is 15.4 Å². The third-order valence-electron chi connectivity index (χ3n) is 4.54. The van der Waals surface area contributed by atoms with Gasteiger partial charge in [-0.1, -0.05) is 29.6 Å². The van der Waals surface area contributed by atoms with Crippen LogP contribution in [0.5, 0.6) is 5.75 Å². The van der Waals surface area contributed by atoms with Crippen molar-refractivity contribution in [1.29, 1.82) is 0 Å².